The number of aromatic nitrogens is 3. The summed E-state index contributed by atoms with van der Waals surface area (Å²) in [6.07, 6.45) is 0.948. The number of amides is 1. The zero-order valence-corrected chi connectivity index (χ0v) is 22.3. The van der Waals surface area contributed by atoms with E-state index in [0.717, 1.165) is 18.5 Å². The van der Waals surface area contributed by atoms with Crippen molar-refractivity contribution in [3.8, 4) is 11.8 Å². The van der Waals surface area contributed by atoms with E-state index in [2.05, 4.69) is 20.3 Å². The van der Waals surface area contributed by atoms with E-state index in [1.807, 2.05) is 6.07 Å². The van der Waals surface area contributed by atoms with Crippen LogP contribution in [0.2, 0.25) is 5.02 Å². The monoisotopic (exact) mass is 573 g/mol. The summed E-state index contributed by atoms with van der Waals surface area (Å²) in [5.74, 6) is 0.639. The number of carbonyl (C=O) groups is 1. The van der Waals surface area contributed by atoms with Crippen LogP contribution in [0.3, 0.4) is 0 Å². The lowest BCUT2D eigenvalue weighted by Crippen LogP contribution is -2.34. The maximum atomic E-state index is 15.3. The van der Waals surface area contributed by atoms with Crippen molar-refractivity contribution in [1.29, 1.82) is 0 Å². The number of halogens is 2. The van der Waals surface area contributed by atoms with Gasteiger partial charge in [-0.25, -0.2) is 9.37 Å². The minimum Gasteiger partial charge on any atom is -0.492 e. The Morgan fingerprint density at radius 2 is 2.08 bits per heavy atom. The van der Waals surface area contributed by atoms with Crippen LogP contribution in [0, 0.1) is 5.82 Å². The standard InChI is InChI=1S/C27H29ClFN5O6/c28-15-10-18-26(33-27(31-18)40-20-12-39-23-19(35)11-38-24(20)23)32-25(15)30-17-4-3-13-8-14(9-16(29)22(13)17)37-7-6-34-5-1-2-21(34)36/h8-10,17,19-20,23-24,35H,1-7,11-12H2,(H2,30,31,32,33)/t17?,19-,20-,23-,24-/m1/s1. The molecule has 3 N–H and O–H groups in total. The number of aliphatic hydroxyl groups excluding tert-OH is 1. The van der Waals surface area contributed by atoms with Crippen LogP contribution in [-0.2, 0) is 20.7 Å². The largest absolute Gasteiger partial charge is 0.492 e. The van der Waals surface area contributed by atoms with Crippen LogP contribution >= 0.6 is 11.6 Å². The first-order valence-corrected chi connectivity index (χ1v) is 13.9. The number of ether oxygens (including phenoxy) is 4. The average molecular weight is 574 g/mol. The summed E-state index contributed by atoms with van der Waals surface area (Å²) in [5.41, 5.74) is 2.42. The van der Waals surface area contributed by atoms with Gasteiger partial charge in [-0.05, 0) is 37.0 Å². The zero-order valence-electron chi connectivity index (χ0n) is 21.6. The normalized spacial score (nSPS) is 27.4. The second-order valence-corrected chi connectivity index (χ2v) is 11.0. The molecule has 5 heterocycles. The molecular weight excluding hydrogens is 545 g/mol. The lowest BCUT2D eigenvalue weighted by Gasteiger charge is -2.18. The Hall–Kier alpha value is -3.19. The number of aromatic amines is 1. The number of benzene rings is 1. The van der Waals surface area contributed by atoms with Gasteiger partial charge in [0.25, 0.3) is 6.01 Å². The highest BCUT2D eigenvalue weighted by Gasteiger charge is 2.48. The Morgan fingerprint density at radius 1 is 1.20 bits per heavy atom. The van der Waals surface area contributed by atoms with Crippen molar-refractivity contribution in [2.45, 2.75) is 56.1 Å². The summed E-state index contributed by atoms with van der Waals surface area (Å²) >= 11 is 6.54. The number of H-pyrrole nitrogens is 1. The quantitative estimate of drug-likeness (QED) is 0.372. The molecular formula is C27H29ClFN5O6. The molecule has 212 valence electrons. The predicted molar refractivity (Wildman–Crippen MR) is 141 cm³/mol. The number of hydrogen-bond donors (Lipinski definition) is 3. The summed E-state index contributed by atoms with van der Waals surface area (Å²) in [6, 6.07) is 4.89. The number of hydrogen-bond acceptors (Lipinski definition) is 9. The summed E-state index contributed by atoms with van der Waals surface area (Å²) in [5, 5.41) is 13.6. The maximum Gasteiger partial charge on any atom is 0.296 e. The molecule has 0 radical (unpaired) electrons. The van der Waals surface area contributed by atoms with Crippen molar-refractivity contribution in [2.75, 3.05) is 38.2 Å². The highest BCUT2D eigenvalue weighted by Crippen LogP contribution is 2.39. The molecule has 11 nitrogen and oxygen atoms in total. The van der Waals surface area contributed by atoms with E-state index >= 15 is 4.39 Å². The van der Waals surface area contributed by atoms with Crippen molar-refractivity contribution in [1.82, 2.24) is 19.9 Å². The smallest absolute Gasteiger partial charge is 0.296 e. The SMILES string of the molecule is O=C1CCCN1CCOc1cc(F)c2c(c1)CCC2Nc1nc2nc(O[C@@H]3CO[C@H]4[C@@H]3OC[C@H]4O)[nH]c2cc1Cl. The van der Waals surface area contributed by atoms with E-state index in [0.29, 0.717) is 65.7 Å². The topological polar surface area (TPSA) is 131 Å². The fraction of sp³-hybridized carbons (Fsp3) is 0.519. The molecule has 5 atom stereocenters. The fourth-order valence-electron chi connectivity index (χ4n) is 6.04. The molecule has 2 aromatic heterocycles. The van der Waals surface area contributed by atoms with Crippen molar-refractivity contribution < 1.29 is 33.2 Å². The lowest BCUT2D eigenvalue weighted by molar-refractivity contribution is -0.128. The highest BCUT2D eigenvalue weighted by atomic mass is 35.5. The molecule has 3 saturated heterocycles. The molecule has 40 heavy (non-hydrogen) atoms. The molecule has 7 rings (SSSR count). The summed E-state index contributed by atoms with van der Waals surface area (Å²) in [4.78, 5) is 25.6. The molecule has 1 amide bonds. The van der Waals surface area contributed by atoms with E-state index in [-0.39, 0.29) is 43.1 Å². The molecule has 4 aliphatic rings. The molecule has 0 bridgehead atoms. The molecule has 1 aromatic carbocycles. The number of nitrogens with one attached hydrogen (secondary N) is 2. The van der Waals surface area contributed by atoms with Gasteiger partial charge in [-0.15, -0.1) is 0 Å². The third-order valence-electron chi connectivity index (χ3n) is 8.00. The third kappa shape index (κ3) is 4.72. The number of aryl methyl sites for hydroxylation is 1. The van der Waals surface area contributed by atoms with Crippen molar-refractivity contribution >= 4 is 34.5 Å². The average Bonchev–Trinajstić information content (AvgIpc) is 3.74. The summed E-state index contributed by atoms with van der Waals surface area (Å²) < 4.78 is 38.2. The first-order chi connectivity index (χ1) is 19.4. The van der Waals surface area contributed by atoms with Crippen molar-refractivity contribution in [2.24, 2.45) is 0 Å². The lowest BCUT2D eigenvalue weighted by atomic mass is 10.1. The number of fused-ring (bicyclic) bond motifs is 3. The second-order valence-electron chi connectivity index (χ2n) is 10.6. The van der Waals surface area contributed by atoms with E-state index < -0.39 is 18.3 Å². The van der Waals surface area contributed by atoms with E-state index in [4.69, 9.17) is 30.5 Å². The number of rotatable bonds is 8. The van der Waals surface area contributed by atoms with Gasteiger partial charge in [0.2, 0.25) is 5.91 Å². The molecule has 3 aromatic rings. The summed E-state index contributed by atoms with van der Waals surface area (Å²) in [7, 11) is 0. The van der Waals surface area contributed by atoms with Crippen molar-refractivity contribution in [3.05, 3.63) is 40.2 Å². The zero-order chi connectivity index (χ0) is 27.4. The fourth-order valence-corrected chi connectivity index (χ4v) is 6.24. The molecule has 13 heteroatoms. The molecule has 1 unspecified atom stereocenters. The van der Waals surface area contributed by atoms with E-state index in [9.17, 15) is 9.90 Å². The first-order valence-electron chi connectivity index (χ1n) is 13.6. The van der Waals surface area contributed by atoms with Crippen LogP contribution in [0.5, 0.6) is 11.8 Å². The number of aliphatic hydroxyl groups is 1. The third-order valence-corrected chi connectivity index (χ3v) is 8.29. The number of nitrogens with zero attached hydrogens (tertiary/aromatic N) is 3. The number of pyridine rings is 1. The van der Waals surface area contributed by atoms with Gasteiger partial charge in [-0.1, -0.05) is 11.6 Å². The minimum atomic E-state index is -0.667. The van der Waals surface area contributed by atoms with Crippen LogP contribution in [0.15, 0.2) is 18.2 Å². The molecule has 1 aliphatic carbocycles. The van der Waals surface area contributed by atoms with Crippen LogP contribution in [0.25, 0.3) is 11.2 Å². The van der Waals surface area contributed by atoms with Gasteiger partial charge in [-0.3, -0.25) is 4.79 Å². The Labute approximate surface area is 233 Å². The predicted octanol–water partition coefficient (Wildman–Crippen LogP) is 2.76. The van der Waals surface area contributed by atoms with E-state index in [1.54, 1.807) is 11.0 Å². The summed E-state index contributed by atoms with van der Waals surface area (Å²) in [6.45, 7) is 2.06. The van der Waals surface area contributed by atoms with Crippen LogP contribution in [0.4, 0.5) is 10.2 Å². The molecule has 0 saturated carbocycles. The van der Waals surface area contributed by atoms with Crippen molar-refractivity contribution in [3.63, 3.8) is 0 Å². The Morgan fingerprint density at radius 3 is 2.92 bits per heavy atom. The van der Waals surface area contributed by atoms with Gasteiger partial charge in [0.15, 0.2) is 11.8 Å². The number of likely N-dealkylation sites (tertiary alicyclic amines) is 1. The Kier molecular flexibility index (Phi) is 6.65. The van der Waals surface area contributed by atoms with Crippen LogP contribution < -0.4 is 14.8 Å². The Balaban J connectivity index is 1.03. The van der Waals surface area contributed by atoms with Crippen LogP contribution in [0.1, 0.15) is 36.4 Å². The van der Waals surface area contributed by atoms with Gasteiger partial charge >= 0.3 is 0 Å². The van der Waals surface area contributed by atoms with Gasteiger partial charge in [0.05, 0.1) is 36.3 Å². The highest BCUT2D eigenvalue weighted by molar-refractivity contribution is 6.33. The molecule has 3 fully saturated rings. The van der Waals surface area contributed by atoms with Gasteiger partial charge < -0.3 is 39.3 Å². The number of imidazole rings is 1. The Bertz CT molecular complexity index is 1450. The molecule has 3 aliphatic heterocycles. The molecule has 0 spiro atoms. The number of carbonyl (C=O) groups excluding carboxylic acids is 1. The maximum absolute atomic E-state index is 15.3. The number of anilines is 1. The van der Waals surface area contributed by atoms with Crippen LogP contribution in [-0.4, -0.2) is 88.2 Å². The first kappa shape index (κ1) is 25.8. The van der Waals surface area contributed by atoms with Gasteiger partial charge in [0, 0.05) is 24.6 Å². The second kappa shape index (κ2) is 10.3. The van der Waals surface area contributed by atoms with Gasteiger partial charge in [0.1, 0.15) is 42.3 Å². The minimum absolute atomic E-state index is 0.141. The van der Waals surface area contributed by atoms with E-state index in [1.165, 1.54) is 6.07 Å². The van der Waals surface area contributed by atoms with Gasteiger partial charge in [-0.2, -0.15) is 4.98 Å².